The lowest BCUT2D eigenvalue weighted by molar-refractivity contribution is -0.116. The molecule has 9 heteroatoms. The smallest absolute Gasteiger partial charge is 0.226 e. The van der Waals surface area contributed by atoms with Crippen LogP contribution in [0.4, 0.5) is 10.1 Å². The molecule has 0 unspecified atom stereocenters. The number of aromatic nitrogens is 2. The molecule has 1 amide bonds. The number of rotatable bonds is 7. The molecular weight excluding hydrogens is 545 g/mol. The fourth-order valence-electron chi connectivity index (χ4n) is 5.24. The largest absolute Gasteiger partial charge is 0.352 e. The van der Waals surface area contributed by atoms with Crippen molar-refractivity contribution in [3.05, 3.63) is 126 Å². The quantitative estimate of drug-likeness (QED) is 0.211. The zero-order valence-electron chi connectivity index (χ0n) is 21.3. The molecule has 40 heavy (non-hydrogen) atoms. The summed E-state index contributed by atoms with van der Waals surface area (Å²) in [5.41, 5.74) is 3.22. The van der Waals surface area contributed by atoms with Crippen LogP contribution >= 0.6 is 23.8 Å². The van der Waals surface area contributed by atoms with Gasteiger partial charge in [0.15, 0.2) is 5.11 Å². The number of nitrogens with zero attached hydrogens (tertiary/aromatic N) is 3. The fourth-order valence-corrected chi connectivity index (χ4v) is 5.75. The standard InChI is InChI=1S/C31H25ClFN5OS/c32-23-19-21(13-14-24(23)33)37-17-6-12-27(37)30-29(26-10-3-4-16-34-26)36-31(40)38(30)18-15-28(39)35-25-11-5-8-20-7-1-2-9-22(20)25/h1-14,16-17,19,29-30H,15,18H2,(H,35,39)(H,36,40)/t29-,30+/m1/s1. The minimum Gasteiger partial charge on any atom is -0.352 e. The number of hydrogen-bond donors (Lipinski definition) is 2. The molecule has 0 bridgehead atoms. The van der Waals surface area contributed by atoms with Gasteiger partial charge in [0.25, 0.3) is 0 Å². The van der Waals surface area contributed by atoms with E-state index in [4.69, 9.17) is 23.8 Å². The Morgan fingerprint density at radius 2 is 1.85 bits per heavy atom. The van der Waals surface area contributed by atoms with Crippen molar-refractivity contribution in [2.24, 2.45) is 0 Å². The summed E-state index contributed by atoms with van der Waals surface area (Å²) in [4.78, 5) is 19.8. The average molecular weight is 570 g/mol. The van der Waals surface area contributed by atoms with Crippen LogP contribution in [0.2, 0.25) is 5.02 Å². The Bertz CT molecular complexity index is 1700. The first-order chi connectivity index (χ1) is 19.5. The van der Waals surface area contributed by atoms with Gasteiger partial charge in [-0.2, -0.15) is 0 Å². The van der Waals surface area contributed by atoms with E-state index in [1.54, 1.807) is 18.3 Å². The predicted molar refractivity (Wildman–Crippen MR) is 160 cm³/mol. The van der Waals surface area contributed by atoms with Crippen molar-refractivity contribution in [3.63, 3.8) is 0 Å². The number of hydrogen-bond acceptors (Lipinski definition) is 3. The molecule has 0 saturated carbocycles. The van der Waals surface area contributed by atoms with Gasteiger partial charge in [-0.1, -0.05) is 54.1 Å². The Kier molecular flexibility index (Phi) is 7.19. The monoisotopic (exact) mass is 569 g/mol. The van der Waals surface area contributed by atoms with Crippen molar-refractivity contribution in [3.8, 4) is 5.69 Å². The normalized spacial score (nSPS) is 16.8. The molecule has 6 nitrogen and oxygen atoms in total. The topological polar surface area (TPSA) is 62.2 Å². The summed E-state index contributed by atoms with van der Waals surface area (Å²) in [7, 11) is 0. The highest BCUT2D eigenvalue weighted by Gasteiger charge is 2.41. The summed E-state index contributed by atoms with van der Waals surface area (Å²) in [5, 5.41) is 9.11. The van der Waals surface area contributed by atoms with E-state index in [2.05, 4.69) is 15.6 Å². The van der Waals surface area contributed by atoms with Crippen molar-refractivity contribution < 1.29 is 9.18 Å². The molecule has 1 aliphatic rings. The third-order valence-electron chi connectivity index (χ3n) is 7.11. The number of benzene rings is 3. The van der Waals surface area contributed by atoms with Gasteiger partial charge >= 0.3 is 0 Å². The highest BCUT2D eigenvalue weighted by molar-refractivity contribution is 7.80. The molecule has 5 aromatic rings. The zero-order chi connectivity index (χ0) is 27.6. The van der Waals surface area contributed by atoms with Gasteiger partial charge < -0.3 is 20.1 Å². The first-order valence-electron chi connectivity index (χ1n) is 12.9. The van der Waals surface area contributed by atoms with E-state index in [-0.39, 0.29) is 29.4 Å². The molecule has 0 spiro atoms. The molecular formula is C31H25ClFN5OS. The minimum atomic E-state index is -0.479. The summed E-state index contributed by atoms with van der Waals surface area (Å²) in [6, 6.07) is 27.6. The van der Waals surface area contributed by atoms with Gasteiger partial charge in [0.2, 0.25) is 5.91 Å². The van der Waals surface area contributed by atoms with E-state index in [9.17, 15) is 9.18 Å². The van der Waals surface area contributed by atoms with Gasteiger partial charge in [-0.15, -0.1) is 0 Å². The van der Waals surface area contributed by atoms with Crippen molar-refractivity contribution >= 4 is 51.3 Å². The van der Waals surface area contributed by atoms with E-state index in [0.29, 0.717) is 11.7 Å². The van der Waals surface area contributed by atoms with Gasteiger partial charge in [-0.3, -0.25) is 9.78 Å². The Morgan fingerprint density at radius 1 is 1.02 bits per heavy atom. The van der Waals surface area contributed by atoms with Crippen LogP contribution in [-0.4, -0.2) is 32.0 Å². The number of thiocarbonyl (C=S) groups is 1. The van der Waals surface area contributed by atoms with Gasteiger partial charge in [-0.25, -0.2) is 4.39 Å². The van der Waals surface area contributed by atoms with E-state index < -0.39 is 5.82 Å². The van der Waals surface area contributed by atoms with Gasteiger partial charge in [0.1, 0.15) is 5.82 Å². The molecule has 2 N–H and O–H groups in total. The first kappa shape index (κ1) is 26.0. The van der Waals surface area contributed by atoms with Crippen LogP contribution in [-0.2, 0) is 4.79 Å². The molecule has 3 heterocycles. The molecule has 0 aliphatic carbocycles. The number of amides is 1. The van der Waals surface area contributed by atoms with Crippen molar-refractivity contribution in [1.82, 2.24) is 19.8 Å². The van der Waals surface area contributed by atoms with E-state index in [0.717, 1.165) is 33.5 Å². The van der Waals surface area contributed by atoms with Gasteiger partial charge in [-0.05, 0) is 66.1 Å². The summed E-state index contributed by atoms with van der Waals surface area (Å²) in [5.74, 6) is -0.590. The maximum absolute atomic E-state index is 13.9. The lowest BCUT2D eigenvalue weighted by Crippen LogP contribution is -2.33. The summed E-state index contributed by atoms with van der Waals surface area (Å²) in [6.07, 6.45) is 3.87. The number of fused-ring (bicyclic) bond motifs is 1. The number of anilines is 1. The molecule has 1 aliphatic heterocycles. The fraction of sp³-hybridized carbons (Fsp3) is 0.129. The van der Waals surface area contributed by atoms with Crippen LogP contribution < -0.4 is 10.6 Å². The first-order valence-corrected chi connectivity index (χ1v) is 13.7. The van der Waals surface area contributed by atoms with Crippen LogP contribution in [0.3, 0.4) is 0 Å². The molecule has 6 rings (SSSR count). The maximum atomic E-state index is 13.9. The summed E-state index contributed by atoms with van der Waals surface area (Å²) >= 11 is 11.9. The molecule has 2 atom stereocenters. The molecule has 200 valence electrons. The van der Waals surface area contributed by atoms with E-state index >= 15 is 0 Å². The number of pyridine rings is 1. The Balaban J connectivity index is 1.30. The number of nitrogens with one attached hydrogen (secondary N) is 2. The number of carbonyl (C=O) groups excluding carboxylic acids is 1. The SMILES string of the molecule is O=C(CCN1C(=S)N[C@H](c2ccccn2)[C@@H]1c1cccn1-c1ccc(F)c(Cl)c1)Nc1cccc2ccccc12. The van der Waals surface area contributed by atoms with Crippen LogP contribution in [0, 0.1) is 5.82 Å². The predicted octanol–water partition coefficient (Wildman–Crippen LogP) is 6.82. The van der Waals surface area contributed by atoms with Gasteiger partial charge in [0, 0.05) is 47.8 Å². The second-order valence-corrected chi connectivity index (χ2v) is 10.3. The van der Waals surface area contributed by atoms with Crippen LogP contribution in [0.1, 0.15) is 29.9 Å². The summed E-state index contributed by atoms with van der Waals surface area (Å²) in [6.45, 7) is 0.381. The van der Waals surface area contributed by atoms with Crippen molar-refractivity contribution in [2.45, 2.75) is 18.5 Å². The lowest BCUT2D eigenvalue weighted by atomic mass is 10.0. The summed E-state index contributed by atoms with van der Waals surface area (Å²) < 4.78 is 15.9. The number of carbonyl (C=O) groups is 1. The van der Waals surface area contributed by atoms with Gasteiger partial charge in [0.05, 0.1) is 22.8 Å². The van der Waals surface area contributed by atoms with Crippen LogP contribution in [0.25, 0.3) is 16.5 Å². The minimum absolute atomic E-state index is 0.0421. The van der Waals surface area contributed by atoms with E-state index in [1.807, 2.05) is 88.5 Å². The molecule has 1 saturated heterocycles. The Morgan fingerprint density at radius 3 is 2.67 bits per heavy atom. The maximum Gasteiger partial charge on any atom is 0.226 e. The second kappa shape index (κ2) is 11.1. The van der Waals surface area contributed by atoms with Crippen molar-refractivity contribution in [2.75, 3.05) is 11.9 Å². The molecule has 2 aromatic heterocycles. The lowest BCUT2D eigenvalue weighted by Gasteiger charge is -2.29. The zero-order valence-corrected chi connectivity index (χ0v) is 22.9. The average Bonchev–Trinajstić information content (AvgIpc) is 3.58. The van der Waals surface area contributed by atoms with Crippen molar-refractivity contribution in [1.29, 1.82) is 0 Å². The molecule has 0 radical (unpaired) electrons. The third-order valence-corrected chi connectivity index (χ3v) is 7.75. The van der Waals surface area contributed by atoms with E-state index in [1.165, 1.54) is 6.07 Å². The van der Waals surface area contributed by atoms with Crippen LogP contribution in [0.15, 0.2) is 103 Å². The highest BCUT2D eigenvalue weighted by atomic mass is 35.5. The molecule has 3 aromatic carbocycles. The second-order valence-electron chi connectivity index (χ2n) is 9.55. The highest BCUT2D eigenvalue weighted by Crippen LogP contribution is 2.40. The Labute approximate surface area is 241 Å². The third kappa shape index (κ3) is 5.03. The number of halogens is 2. The van der Waals surface area contributed by atoms with Crippen LogP contribution in [0.5, 0.6) is 0 Å². The Hall–Kier alpha value is -4.27. The molecule has 1 fully saturated rings.